The van der Waals surface area contributed by atoms with Crippen molar-refractivity contribution in [3.8, 4) is 0 Å². The summed E-state index contributed by atoms with van der Waals surface area (Å²) in [7, 11) is 0. The maximum absolute atomic E-state index is 13.4. The summed E-state index contributed by atoms with van der Waals surface area (Å²) in [6, 6.07) is 4.20. The molecular weight excluding hydrogens is 323 g/mol. The number of H-pyrrole nitrogens is 1. The van der Waals surface area contributed by atoms with Gasteiger partial charge in [0.1, 0.15) is 18.2 Å². The number of nitrogens with zero attached hydrogens (tertiary/aromatic N) is 4. The molecule has 132 valence electrons. The van der Waals surface area contributed by atoms with E-state index in [1.807, 2.05) is 20.0 Å². The zero-order valence-electron chi connectivity index (χ0n) is 14.2. The van der Waals surface area contributed by atoms with E-state index in [2.05, 4.69) is 25.8 Å². The van der Waals surface area contributed by atoms with Gasteiger partial charge >= 0.3 is 0 Å². The number of rotatable bonds is 7. The highest BCUT2D eigenvalue weighted by Gasteiger charge is 2.26. The van der Waals surface area contributed by atoms with Crippen molar-refractivity contribution in [2.75, 3.05) is 6.54 Å². The molecule has 0 saturated carbocycles. The molecule has 0 saturated heterocycles. The quantitative estimate of drug-likeness (QED) is 0.688. The first-order valence-electron chi connectivity index (χ1n) is 8.35. The van der Waals surface area contributed by atoms with E-state index in [0.717, 1.165) is 22.9 Å². The highest BCUT2D eigenvalue weighted by Crippen LogP contribution is 2.21. The number of halogens is 1. The second-order valence-electron chi connectivity index (χ2n) is 6.17. The number of aromatic nitrogens is 5. The van der Waals surface area contributed by atoms with Gasteiger partial charge in [0.2, 0.25) is 5.91 Å². The van der Waals surface area contributed by atoms with E-state index in [9.17, 15) is 9.18 Å². The third-order valence-electron chi connectivity index (χ3n) is 4.52. The molecule has 7 nitrogen and oxygen atoms in total. The third kappa shape index (κ3) is 3.67. The van der Waals surface area contributed by atoms with Crippen molar-refractivity contribution in [2.45, 2.75) is 32.7 Å². The molecule has 0 aliphatic heterocycles. The van der Waals surface area contributed by atoms with Crippen LogP contribution in [0.5, 0.6) is 0 Å². The number of fused-ring (bicyclic) bond motifs is 1. The number of amides is 1. The lowest BCUT2D eigenvalue weighted by molar-refractivity contribution is -0.126. The van der Waals surface area contributed by atoms with Crippen molar-refractivity contribution in [1.82, 2.24) is 30.5 Å². The van der Waals surface area contributed by atoms with Gasteiger partial charge in [-0.2, -0.15) is 0 Å². The average molecular weight is 344 g/mol. The molecule has 0 unspecified atom stereocenters. The maximum Gasteiger partial charge on any atom is 0.245 e. The summed E-state index contributed by atoms with van der Waals surface area (Å²) in [4.78, 5) is 15.7. The van der Waals surface area contributed by atoms with Gasteiger partial charge in [-0.3, -0.25) is 4.79 Å². The number of carbonyl (C=O) groups is 1. The van der Waals surface area contributed by atoms with Crippen LogP contribution in [-0.2, 0) is 11.2 Å². The van der Waals surface area contributed by atoms with Gasteiger partial charge in [0.25, 0.3) is 0 Å². The fourth-order valence-corrected chi connectivity index (χ4v) is 2.94. The highest BCUT2D eigenvalue weighted by molar-refractivity contribution is 5.83. The second kappa shape index (κ2) is 7.42. The van der Waals surface area contributed by atoms with E-state index in [0.29, 0.717) is 13.0 Å². The lowest BCUT2D eigenvalue weighted by Gasteiger charge is -2.21. The Bertz CT molecular complexity index is 844. The van der Waals surface area contributed by atoms with Gasteiger partial charge in [0.05, 0.1) is 0 Å². The van der Waals surface area contributed by atoms with E-state index in [1.165, 1.54) is 23.1 Å². The predicted octanol–water partition coefficient (Wildman–Crippen LogP) is 2.24. The third-order valence-corrected chi connectivity index (χ3v) is 4.52. The molecule has 8 heteroatoms. The molecule has 2 atom stereocenters. The van der Waals surface area contributed by atoms with Gasteiger partial charge in [-0.1, -0.05) is 20.3 Å². The van der Waals surface area contributed by atoms with Crippen LogP contribution in [0.25, 0.3) is 10.9 Å². The minimum atomic E-state index is -0.444. The van der Waals surface area contributed by atoms with Gasteiger partial charge in [0, 0.05) is 23.6 Å². The Kier molecular flexibility index (Phi) is 5.06. The summed E-state index contributed by atoms with van der Waals surface area (Å²) in [5.41, 5.74) is 1.85. The van der Waals surface area contributed by atoms with Crippen molar-refractivity contribution in [2.24, 2.45) is 5.92 Å². The average Bonchev–Trinajstić information content (AvgIpc) is 3.25. The number of tetrazole rings is 1. The first-order chi connectivity index (χ1) is 12.1. The van der Waals surface area contributed by atoms with Crippen molar-refractivity contribution in [3.63, 3.8) is 0 Å². The monoisotopic (exact) mass is 344 g/mol. The van der Waals surface area contributed by atoms with Crippen LogP contribution in [0.2, 0.25) is 0 Å². The Balaban J connectivity index is 1.65. The summed E-state index contributed by atoms with van der Waals surface area (Å²) in [6.07, 6.45) is 4.75. The number of hydrogen-bond acceptors (Lipinski definition) is 4. The zero-order chi connectivity index (χ0) is 17.8. The van der Waals surface area contributed by atoms with E-state index in [-0.39, 0.29) is 17.6 Å². The molecule has 0 radical (unpaired) electrons. The molecule has 0 spiro atoms. The van der Waals surface area contributed by atoms with Gasteiger partial charge in [-0.25, -0.2) is 9.07 Å². The smallest absolute Gasteiger partial charge is 0.245 e. The first-order valence-corrected chi connectivity index (χ1v) is 8.35. The van der Waals surface area contributed by atoms with Gasteiger partial charge in [0.15, 0.2) is 0 Å². The minimum Gasteiger partial charge on any atom is -0.361 e. The standard InChI is InChI=1S/C17H21FN6O/c1-3-11(2)16(24-10-21-22-23-24)17(25)19-7-6-12-9-20-15-5-4-13(18)8-14(12)15/h4-5,8-11,16,20H,3,6-7H2,1-2H3,(H,19,25)/t11-,16-/m0/s1. The van der Waals surface area contributed by atoms with Crippen molar-refractivity contribution >= 4 is 16.8 Å². The molecule has 0 aliphatic rings. The molecule has 1 amide bonds. The molecule has 2 N–H and O–H groups in total. The summed E-state index contributed by atoms with van der Waals surface area (Å²) in [5, 5.41) is 14.9. The Morgan fingerprint density at radius 2 is 2.28 bits per heavy atom. The van der Waals surface area contributed by atoms with Crippen LogP contribution in [0.3, 0.4) is 0 Å². The molecular formula is C17H21FN6O. The van der Waals surface area contributed by atoms with Crippen LogP contribution in [0.15, 0.2) is 30.7 Å². The largest absolute Gasteiger partial charge is 0.361 e. The first kappa shape index (κ1) is 17.1. The van der Waals surface area contributed by atoms with Crippen LogP contribution in [0.4, 0.5) is 4.39 Å². The summed E-state index contributed by atoms with van der Waals surface area (Å²) < 4.78 is 14.9. The fraction of sp³-hybridized carbons (Fsp3) is 0.412. The topological polar surface area (TPSA) is 88.5 Å². The van der Waals surface area contributed by atoms with Gasteiger partial charge < -0.3 is 10.3 Å². The molecule has 3 rings (SSSR count). The number of hydrogen-bond donors (Lipinski definition) is 2. The Morgan fingerprint density at radius 1 is 1.44 bits per heavy atom. The molecule has 25 heavy (non-hydrogen) atoms. The van der Waals surface area contributed by atoms with Crippen LogP contribution in [-0.4, -0.2) is 37.6 Å². The lowest BCUT2D eigenvalue weighted by atomic mass is 9.98. The van der Waals surface area contributed by atoms with Crippen LogP contribution >= 0.6 is 0 Å². The number of benzene rings is 1. The van der Waals surface area contributed by atoms with Crippen LogP contribution < -0.4 is 5.32 Å². The molecule has 0 bridgehead atoms. The SMILES string of the molecule is CC[C@H](C)[C@@H](C(=O)NCCc1c[nH]c2ccc(F)cc12)n1cnnn1. The number of carbonyl (C=O) groups excluding carboxylic acids is 1. The molecule has 1 aromatic carbocycles. The number of aromatic amines is 1. The molecule has 0 fully saturated rings. The molecule has 0 aliphatic carbocycles. The minimum absolute atomic E-state index is 0.102. The van der Waals surface area contributed by atoms with Crippen molar-refractivity contribution < 1.29 is 9.18 Å². The summed E-state index contributed by atoms with van der Waals surface area (Å²) in [5.74, 6) is -0.286. The Morgan fingerprint density at radius 3 is 3.00 bits per heavy atom. The summed E-state index contributed by atoms with van der Waals surface area (Å²) in [6.45, 7) is 4.47. The van der Waals surface area contributed by atoms with E-state index >= 15 is 0 Å². The number of nitrogens with one attached hydrogen (secondary N) is 2. The maximum atomic E-state index is 13.4. The van der Waals surface area contributed by atoms with Crippen LogP contribution in [0.1, 0.15) is 31.9 Å². The fourth-order valence-electron chi connectivity index (χ4n) is 2.94. The highest BCUT2D eigenvalue weighted by atomic mass is 19.1. The molecule has 3 aromatic rings. The second-order valence-corrected chi connectivity index (χ2v) is 6.17. The summed E-state index contributed by atoms with van der Waals surface area (Å²) >= 11 is 0. The van der Waals surface area contributed by atoms with Gasteiger partial charge in [-0.05, 0) is 46.5 Å². The van der Waals surface area contributed by atoms with E-state index in [4.69, 9.17) is 0 Å². The van der Waals surface area contributed by atoms with Crippen molar-refractivity contribution in [1.29, 1.82) is 0 Å². The predicted molar refractivity (Wildman–Crippen MR) is 91.3 cm³/mol. The Labute approximate surface area is 144 Å². The molecule has 2 aromatic heterocycles. The van der Waals surface area contributed by atoms with Gasteiger partial charge in [-0.15, -0.1) is 5.10 Å². The van der Waals surface area contributed by atoms with Crippen molar-refractivity contribution in [3.05, 3.63) is 42.1 Å². The van der Waals surface area contributed by atoms with Crippen LogP contribution in [0, 0.1) is 11.7 Å². The van der Waals surface area contributed by atoms with E-state index in [1.54, 1.807) is 6.07 Å². The zero-order valence-corrected chi connectivity index (χ0v) is 14.2. The Hall–Kier alpha value is -2.77. The van der Waals surface area contributed by atoms with E-state index < -0.39 is 6.04 Å². The molecule has 2 heterocycles. The normalized spacial score (nSPS) is 13.7. The lowest BCUT2D eigenvalue weighted by Crippen LogP contribution is -2.37.